The van der Waals surface area contributed by atoms with E-state index in [1.807, 2.05) is 0 Å². The lowest BCUT2D eigenvalue weighted by Crippen LogP contribution is -2.50. The molecule has 1 atom stereocenters. The Kier molecular flexibility index (Phi) is 17.6. The highest BCUT2D eigenvalue weighted by atomic mass is 32.9. The quantitative estimate of drug-likeness (QED) is 0.220. The third kappa shape index (κ3) is 18.9. The van der Waals surface area contributed by atoms with Crippen molar-refractivity contribution in [2.24, 2.45) is 0 Å². The predicted octanol–water partition coefficient (Wildman–Crippen LogP) is 6.45. The summed E-state index contributed by atoms with van der Waals surface area (Å²) in [6.07, 6.45) is 11.1. The second-order valence-corrected chi connectivity index (χ2v) is 12.7. The van der Waals surface area contributed by atoms with Gasteiger partial charge in [-0.1, -0.05) is 65.2 Å². The maximum atomic E-state index is 11.4. The van der Waals surface area contributed by atoms with E-state index in [0.29, 0.717) is 0 Å². The number of hydrogen-bond acceptors (Lipinski definition) is 2. The third-order valence-electron chi connectivity index (χ3n) is 3.94. The molecule has 0 fully saturated rings. The van der Waals surface area contributed by atoms with Gasteiger partial charge in [0.25, 0.3) is 0 Å². The van der Waals surface area contributed by atoms with Gasteiger partial charge in [0.1, 0.15) is 0 Å². The number of unbranched alkanes of at least 4 members (excludes halogenated alkanes) is 4. The largest absolute Gasteiger partial charge is 0.714 e. The Bertz CT molecular complexity index is 236. The highest BCUT2D eigenvalue weighted by Gasteiger charge is 2.24. The molecular weight excluding hydrogens is 332 g/mol. The highest BCUT2D eigenvalue weighted by molar-refractivity contribution is 8.52. The van der Waals surface area contributed by atoms with Crippen LogP contribution < -0.4 is 0 Å². The Morgan fingerprint density at radius 3 is 1.09 bits per heavy atom. The molecule has 1 nitrogen and oxygen atoms in total. The van der Waals surface area contributed by atoms with Gasteiger partial charge in [-0.05, 0) is 37.9 Å². The van der Waals surface area contributed by atoms with Gasteiger partial charge in [-0.15, -0.1) is 0 Å². The maximum Gasteiger partial charge on any atom is 0.0786 e. The molecule has 0 spiro atoms. The first-order valence-electron chi connectivity index (χ1n) is 9.07. The molecule has 0 aliphatic rings. The summed E-state index contributed by atoms with van der Waals surface area (Å²) in [4.78, 5) is 0. The Hall–Kier alpha value is 0.890. The molecule has 0 aromatic carbocycles. The molecular formula is C17H39FNPS2. The van der Waals surface area contributed by atoms with Crippen molar-refractivity contribution in [1.29, 1.82) is 0 Å². The van der Waals surface area contributed by atoms with Gasteiger partial charge in [0.15, 0.2) is 0 Å². The summed E-state index contributed by atoms with van der Waals surface area (Å²) in [5.74, 6) is 0. The molecule has 136 valence electrons. The molecule has 0 saturated carbocycles. The van der Waals surface area contributed by atoms with Crippen LogP contribution in [0.15, 0.2) is 0 Å². The van der Waals surface area contributed by atoms with Crippen LogP contribution in [0.4, 0.5) is 4.20 Å². The molecule has 0 amide bonds. The predicted molar refractivity (Wildman–Crippen MR) is 108 cm³/mol. The zero-order chi connectivity index (χ0) is 17.5. The first-order chi connectivity index (χ1) is 10.2. The monoisotopic (exact) mass is 371 g/mol. The van der Waals surface area contributed by atoms with Gasteiger partial charge in [-0.25, -0.2) is 4.20 Å². The van der Waals surface area contributed by atoms with E-state index >= 15 is 0 Å². The Morgan fingerprint density at radius 1 is 0.773 bits per heavy atom. The van der Waals surface area contributed by atoms with Gasteiger partial charge in [-0.3, -0.25) is 0 Å². The Balaban J connectivity index is 0. The Labute approximate surface area is 150 Å². The number of quaternary nitrogens is 1. The number of halogens is 1. The fourth-order valence-corrected chi connectivity index (χ4v) is 2.64. The fourth-order valence-electron chi connectivity index (χ4n) is 2.64. The standard InChI is InChI=1S/C16H36N.CH4FPS2/c1-5-9-13-17(14-10-6-2,15-11-7-3)16-12-8-4;1-3(2,4)5/h5-16H2,1-4H3;1H3,(H,4,5)/q+1;/p-1. The van der Waals surface area contributed by atoms with Gasteiger partial charge in [-0.2, -0.15) is 0 Å². The zero-order valence-corrected chi connectivity index (χ0v) is 18.1. The second-order valence-electron chi connectivity index (χ2n) is 6.40. The molecule has 5 heteroatoms. The van der Waals surface area contributed by atoms with Gasteiger partial charge < -0.3 is 16.7 Å². The fraction of sp³-hybridized carbons (Fsp3) is 1.00. The molecule has 0 aromatic heterocycles. The number of nitrogens with zero attached hydrogens (tertiary/aromatic N) is 1. The topological polar surface area (TPSA) is 0 Å². The van der Waals surface area contributed by atoms with Gasteiger partial charge in [0, 0.05) is 0 Å². The van der Waals surface area contributed by atoms with E-state index in [0.717, 1.165) is 0 Å². The third-order valence-corrected chi connectivity index (χ3v) is 3.94. The highest BCUT2D eigenvalue weighted by Crippen LogP contribution is 2.39. The summed E-state index contributed by atoms with van der Waals surface area (Å²) in [6, 6.07) is 0. The molecule has 0 radical (unpaired) electrons. The minimum atomic E-state index is -2.72. The van der Waals surface area contributed by atoms with Crippen LogP contribution in [0.3, 0.4) is 0 Å². The lowest BCUT2D eigenvalue weighted by atomic mass is 10.1. The van der Waals surface area contributed by atoms with E-state index in [4.69, 9.17) is 0 Å². The van der Waals surface area contributed by atoms with Gasteiger partial charge in [0.2, 0.25) is 0 Å². The lowest BCUT2D eigenvalue weighted by Gasteiger charge is -2.39. The maximum absolute atomic E-state index is 11.4. The minimum absolute atomic E-state index is 1.26. The summed E-state index contributed by atoms with van der Waals surface area (Å²) in [5.41, 5.74) is -2.72. The molecule has 0 aliphatic carbocycles. The van der Waals surface area contributed by atoms with Crippen molar-refractivity contribution < 1.29 is 8.68 Å². The number of rotatable bonds is 12. The zero-order valence-electron chi connectivity index (χ0n) is 15.6. The van der Waals surface area contributed by atoms with Crippen molar-refractivity contribution in [2.45, 2.75) is 79.1 Å². The van der Waals surface area contributed by atoms with Crippen LogP contribution in [0.1, 0.15) is 79.1 Å². The smallest absolute Gasteiger partial charge is 0.0786 e. The van der Waals surface area contributed by atoms with Gasteiger partial charge >= 0.3 is 0 Å². The van der Waals surface area contributed by atoms with E-state index in [1.54, 1.807) is 0 Å². The summed E-state index contributed by atoms with van der Waals surface area (Å²) < 4.78 is 12.8. The summed E-state index contributed by atoms with van der Waals surface area (Å²) >= 11 is 8.17. The van der Waals surface area contributed by atoms with E-state index in [-0.39, 0.29) is 0 Å². The molecule has 0 aromatic rings. The molecule has 0 aliphatic heterocycles. The van der Waals surface area contributed by atoms with Crippen LogP contribution in [-0.4, -0.2) is 37.3 Å². The van der Waals surface area contributed by atoms with Crippen molar-refractivity contribution >= 4 is 29.6 Å². The van der Waals surface area contributed by atoms with Crippen molar-refractivity contribution in [3.8, 4) is 0 Å². The van der Waals surface area contributed by atoms with Crippen LogP contribution in [0.2, 0.25) is 0 Å². The van der Waals surface area contributed by atoms with Crippen LogP contribution in [-0.2, 0) is 24.1 Å². The summed E-state index contributed by atoms with van der Waals surface area (Å²) in [7, 11) is 0. The molecule has 22 heavy (non-hydrogen) atoms. The molecule has 0 N–H and O–H groups in total. The first-order valence-corrected chi connectivity index (χ1v) is 13.2. The van der Waals surface area contributed by atoms with E-state index in [1.165, 1.54) is 88.7 Å². The average Bonchev–Trinajstić information content (AvgIpc) is 2.44. The molecule has 0 bridgehead atoms. The lowest BCUT2D eigenvalue weighted by molar-refractivity contribution is -0.929. The summed E-state index contributed by atoms with van der Waals surface area (Å²) in [5, 5.41) is 0. The Morgan fingerprint density at radius 2 is 0.955 bits per heavy atom. The van der Waals surface area contributed by atoms with Crippen molar-refractivity contribution in [3.63, 3.8) is 0 Å². The van der Waals surface area contributed by atoms with Crippen LogP contribution in [0.25, 0.3) is 0 Å². The van der Waals surface area contributed by atoms with Crippen molar-refractivity contribution in [3.05, 3.63) is 0 Å². The molecule has 0 heterocycles. The van der Waals surface area contributed by atoms with Gasteiger partial charge in [0.05, 0.1) is 26.2 Å². The molecule has 1 unspecified atom stereocenters. The number of hydrogen-bond donors (Lipinski definition) is 0. The van der Waals surface area contributed by atoms with E-state index in [9.17, 15) is 4.20 Å². The van der Waals surface area contributed by atoms with Crippen LogP contribution >= 0.6 is 5.55 Å². The van der Waals surface area contributed by atoms with Crippen molar-refractivity contribution in [2.75, 3.05) is 32.8 Å². The van der Waals surface area contributed by atoms with E-state index in [2.05, 4.69) is 51.8 Å². The van der Waals surface area contributed by atoms with Crippen LogP contribution in [0, 0.1) is 0 Å². The summed E-state index contributed by atoms with van der Waals surface area (Å²) in [6.45, 7) is 16.3. The van der Waals surface area contributed by atoms with E-state index < -0.39 is 5.55 Å². The average molecular weight is 372 g/mol. The van der Waals surface area contributed by atoms with Crippen LogP contribution in [0.5, 0.6) is 0 Å². The second kappa shape index (κ2) is 15.4. The molecule has 0 rings (SSSR count). The first kappa shape index (κ1) is 25.1. The minimum Gasteiger partial charge on any atom is -0.714 e. The normalized spacial score (nSPS) is 14.1. The van der Waals surface area contributed by atoms with Crippen molar-refractivity contribution in [1.82, 2.24) is 0 Å². The molecule has 0 saturated heterocycles. The SMILES string of the molecule is CCCC[N+](CCCC)(CCCC)CCCC.CP(F)(=S)[S-].